The summed E-state index contributed by atoms with van der Waals surface area (Å²) in [6.07, 6.45) is -1.39. The van der Waals surface area contributed by atoms with Gasteiger partial charge in [-0.25, -0.2) is 4.79 Å². The van der Waals surface area contributed by atoms with E-state index in [1.165, 1.54) is 0 Å². The number of carbonyl (C=O) groups is 1. The molecular formula is C20H22N2O3. The van der Waals surface area contributed by atoms with Crippen LogP contribution in [0.5, 0.6) is 0 Å². The number of carbonyl (C=O) groups excluding carboxylic acids is 1. The van der Waals surface area contributed by atoms with Crippen molar-refractivity contribution < 1.29 is 14.4 Å². The number of rotatable bonds is 4. The fourth-order valence-corrected chi connectivity index (χ4v) is 2.88. The number of amidine groups is 1. The average Bonchev–Trinajstić information content (AvgIpc) is 2.84. The highest BCUT2D eigenvalue weighted by Gasteiger charge is 2.45. The largest absolute Gasteiger partial charge is 0.440 e. The van der Waals surface area contributed by atoms with Gasteiger partial charge >= 0.3 is 6.09 Å². The Morgan fingerprint density at radius 1 is 1.00 bits per heavy atom. The first kappa shape index (κ1) is 17.2. The predicted molar refractivity (Wildman–Crippen MR) is 95.4 cm³/mol. The number of hydrogen-bond donors (Lipinski definition) is 1. The topological polar surface area (TPSA) is 62.6 Å². The molecule has 1 heterocycles. The zero-order valence-corrected chi connectivity index (χ0v) is 14.6. The molecule has 1 atom stereocenters. The molecule has 0 aromatic heterocycles. The summed E-state index contributed by atoms with van der Waals surface area (Å²) in [6, 6.07) is 19.5. The molecule has 1 unspecified atom stereocenters. The highest BCUT2D eigenvalue weighted by Crippen LogP contribution is 2.34. The maximum absolute atomic E-state index is 12.3. The molecule has 0 aliphatic carbocycles. The van der Waals surface area contributed by atoms with Gasteiger partial charge in [-0.2, -0.15) is 0 Å². The Morgan fingerprint density at radius 3 is 1.92 bits per heavy atom. The third-order valence-electron chi connectivity index (χ3n) is 3.87. The summed E-state index contributed by atoms with van der Waals surface area (Å²) in [7, 11) is 0. The summed E-state index contributed by atoms with van der Waals surface area (Å²) in [5, 5.41) is 9.42. The van der Waals surface area contributed by atoms with Crippen molar-refractivity contribution >= 4 is 11.9 Å². The van der Waals surface area contributed by atoms with Crippen molar-refractivity contribution in [2.75, 3.05) is 0 Å². The molecule has 25 heavy (non-hydrogen) atoms. The molecule has 1 N–H and O–H groups in total. The van der Waals surface area contributed by atoms with Gasteiger partial charge < -0.3 is 4.74 Å². The van der Waals surface area contributed by atoms with Gasteiger partial charge in [-0.1, -0.05) is 60.7 Å². The first-order valence-electron chi connectivity index (χ1n) is 8.25. The number of amides is 1. The summed E-state index contributed by atoms with van der Waals surface area (Å²) < 4.78 is 5.54. The van der Waals surface area contributed by atoms with Gasteiger partial charge in [-0.3, -0.25) is 10.2 Å². The van der Waals surface area contributed by atoms with Gasteiger partial charge in [0.15, 0.2) is 11.9 Å². The maximum atomic E-state index is 12.3. The van der Waals surface area contributed by atoms with Gasteiger partial charge in [0.05, 0.1) is 11.5 Å². The van der Waals surface area contributed by atoms with E-state index in [2.05, 4.69) is 0 Å². The van der Waals surface area contributed by atoms with Crippen LogP contribution < -0.4 is 0 Å². The van der Waals surface area contributed by atoms with E-state index in [4.69, 9.17) is 15.0 Å². The van der Waals surface area contributed by atoms with E-state index >= 15 is 0 Å². The quantitative estimate of drug-likeness (QED) is 0.901. The monoisotopic (exact) mass is 338 g/mol. The zero-order valence-electron chi connectivity index (χ0n) is 14.6. The molecular weight excluding hydrogens is 316 g/mol. The summed E-state index contributed by atoms with van der Waals surface area (Å²) >= 11 is 0. The average molecular weight is 338 g/mol. The number of cyclic esters (lactones) is 1. The summed E-state index contributed by atoms with van der Waals surface area (Å²) in [5.74, 6) is -0.259. The van der Waals surface area contributed by atoms with Gasteiger partial charge in [0.25, 0.3) is 0 Å². The Labute approximate surface area is 147 Å². The first-order chi connectivity index (χ1) is 11.9. The Kier molecular flexibility index (Phi) is 4.59. The van der Waals surface area contributed by atoms with E-state index in [9.17, 15) is 4.79 Å². The molecule has 5 nitrogen and oxygen atoms in total. The van der Waals surface area contributed by atoms with Gasteiger partial charge in [0, 0.05) is 0 Å². The smallest absolute Gasteiger partial charge is 0.435 e. The summed E-state index contributed by atoms with van der Waals surface area (Å²) in [4.78, 5) is 17.9. The third-order valence-corrected chi connectivity index (χ3v) is 3.87. The Balaban J connectivity index is 1.98. The minimum absolute atomic E-state index is 0.0117. The van der Waals surface area contributed by atoms with E-state index in [0.717, 1.165) is 16.2 Å². The molecule has 3 rings (SSSR count). The number of nitrogens with zero attached hydrogens (tertiary/aromatic N) is 1. The summed E-state index contributed by atoms with van der Waals surface area (Å²) in [6.45, 7) is 5.48. The highest BCUT2D eigenvalue weighted by atomic mass is 16.8. The van der Waals surface area contributed by atoms with Crippen LogP contribution in [0.15, 0.2) is 60.7 Å². The molecule has 0 radical (unpaired) electrons. The van der Waals surface area contributed by atoms with Gasteiger partial charge in [0.2, 0.25) is 0 Å². The van der Waals surface area contributed by atoms with Crippen molar-refractivity contribution in [3.05, 3.63) is 71.8 Å². The summed E-state index contributed by atoms with van der Waals surface area (Å²) in [5.41, 5.74) is 1.36. The second kappa shape index (κ2) is 6.69. The van der Waals surface area contributed by atoms with Crippen LogP contribution >= 0.6 is 0 Å². The minimum Gasteiger partial charge on any atom is -0.435 e. The SMILES string of the molecule is CC(C)(C)ON1C(=N)C(C(c2ccccc2)c2ccccc2)OC1=O. The lowest BCUT2D eigenvalue weighted by Crippen LogP contribution is -2.39. The van der Waals surface area contributed by atoms with Crippen molar-refractivity contribution in [3.8, 4) is 0 Å². The Morgan fingerprint density at radius 2 is 1.48 bits per heavy atom. The minimum atomic E-state index is -0.736. The van der Waals surface area contributed by atoms with Crippen LogP contribution in [0.25, 0.3) is 0 Å². The second-order valence-corrected chi connectivity index (χ2v) is 6.99. The van der Waals surface area contributed by atoms with Crippen LogP contribution in [0.2, 0.25) is 0 Å². The Bertz CT molecular complexity index is 714. The lowest BCUT2D eigenvalue weighted by atomic mass is 9.86. The maximum Gasteiger partial charge on any atom is 0.440 e. The van der Waals surface area contributed by atoms with Crippen molar-refractivity contribution in [1.82, 2.24) is 5.06 Å². The number of ether oxygens (including phenoxy) is 1. The number of benzene rings is 2. The zero-order chi connectivity index (χ0) is 18.0. The fourth-order valence-electron chi connectivity index (χ4n) is 2.88. The molecule has 0 bridgehead atoms. The number of hydroxylamine groups is 2. The van der Waals surface area contributed by atoms with E-state index in [1.807, 2.05) is 81.4 Å². The highest BCUT2D eigenvalue weighted by molar-refractivity contribution is 6.01. The molecule has 2 aromatic rings. The molecule has 1 amide bonds. The van der Waals surface area contributed by atoms with Crippen molar-refractivity contribution in [2.24, 2.45) is 0 Å². The number of hydrogen-bond acceptors (Lipinski definition) is 4. The van der Waals surface area contributed by atoms with Crippen molar-refractivity contribution in [3.63, 3.8) is 0 Å². The first-order valence-corrected chi connectivity index (χ1v) is 8.25. The van der Waals surface area contributed by atoms with Gasteiger partial charge in [-0.15, -0.1) is 5.06 Å². The van der Waals surface area contributed by atoms with Crippen LogP contribution in [0.4, 0.5) is 4.79 Å². The predicted octanol–water partition coefficient (Wildman–Crippen LogP) is 4.35. The molecule has 1 fully saturated rings. The van der Waals surface area contributed by atoms with E-state index < -0.39 is 17.8 Å². The molecule has 130 valence electrons. The van der Waals surface area contributed by atoms with E-state index in [-0.39, 0.29) is 11.8 Å². The number of nitrogens with one attached hydrogen (secondary N) is 1. The lowest BCUT2D eigenvalue weighted by molar-refractivity contribution is -0.152. The molecule has 1 saturated heterocycles. The second-order valence-electron chi connectivity index (χ2n) is 6.99. The Hall–Kier alpha value is -2.66. The third kappa shape index (κ3) is 3.72. The fraction of sp³-hybridized carbons (Fsp3) is 0.300. The molecule has 1 aliphatic heterocycles. The standard InChI is InChI=1S/C20H22N2O3/c1-20(2,3)25-22-18(21)17(24-19(22)23)16(14-10-6-4-7-11-14)15-12-8-5-9-13-15/h4-13,16-17,21H,1-3H3. The van der Waals surface area contributed by atoms with E-state index in [1.54, 1.807) is 0 Å². The van der Waals surface area contributed by atoms with Crippen LogP contribution in [0, 0.1) is 5.41 Å². The van der Waals surface area contributed by atoms with Gasteiger partial charge in [0.1, 0.15) is 0 Å². The van der Waals surface area contributed by atoms with Crippen LogP contribution in [-0.2, 0) is 9.57 Å². The van der Waals surface area contributed by atoms with Crippen LogP contribution in [0.3, 0.4) is 0 Å². The molecule has 2 aromatic carbocycles. The van der Waals surface area contributed by atoms with Gasteiger partial charge in [-0.05, 0) is 31.9 Å². The molecule has 0 saturated carbocycles. The van der Waals surface area contributed by atoms with Crippen LogP contribution in [0.1, 0.15) is 37.8 Å². The molecule has 1 aliphatic rings. The normalized spacial score (nSPS) is 17.9. The van der Waals surface area contributed by atoms with Crippen molar-refractivity contribution in [1.29, 1.82) is 5.41 Å². The molecule has 5 heteroatoms. The van der Waals surface area contributed by atoms with E-state index in [0.29, 0.717) is 0 Å². The molecule has 0 spiro atoms. The lowest BCUT2D eigenvalue weighted by Gasteiger charge is -2.26. The van der Waals surface area contributed by atoms with Crippen molar-refractivity contribution in [2.45, 2.75) is 38.4 Å². The van der Waals surface area contributed by atoms with Crippen LogP contribution in [-0.4, -0.2) is 28.7 Å².